The minimum absolute atomic E-state index is 0.0417. The number of nitrogens with zero attached hydrogens (tertiary/aromatic N) is 2. The van der Waals surface area contributed by atoms with Gasteiger partial charge in [-0.25, -0.2) is 0 Å². The molecule has 1 amide bonds. The number of carbonyl (C=O) groups is 1. The number of ether oxygens (including phenoxy) is 1. The number of aryl methyl sites for hydroxylation is 1. The smallest absolute Gasteiger partial charge is 0.254 e. The summed E-state index contributed by atoms with van der Waals surface area (Å²) >= 11 is 0. The van der Waals surface area contributed by atoms with E-state index in [2.05, 4.69) is 24.3 Å². The maximum absolute atomic E-state index is 12.1. The summed E-state index contributed by atoms with van der Waals surface area (Å²) < 4.78 is 7.44. The van der Waals surface area contributed by atoms with E-state index in [-0.39, 0.29) is 12.0 Å². The highest BCUT2D eigenvalue weighted by atomic mass is 16.5. The monoisotopic (exact) mass is 265 g/mol. The van der Waals surface area contributed by atoms with Gasteiger partial charge in [0.05, 0.1) is 17.9 Å². The van der Waals surface area contributed by atoms with Crippen LogP contribution in [-0.2, 0) is 11.8 Å². The molecule has 0 spiro atoms. The molecule has 2 rings (SSSR count). The van der Waals surface area contributed by atoms with Gasteiger partial charge in [0.15, 0.2) is 0 Å². The van der Waals surface area contributed by atoms with Crippen LogP contribution in [0.15, 0.2) is 6.20 Å². The van der Waals surface area contributed by atoms with E-state index in [1.54, 1.807) is 10.9 Å². The fourth-order valence-electron chi connectivity index (χ4n) is 2.65. The molecular weight excluding hydrogens is 242 g/mol. The second kappa shape index (κ2) is 5.74. The number of hydrogen-bond donors (Lipinski definition) is 1. The van der Waals surface area contributed by atoms with E-state index in [1.807, 2.05) is 14.0 Å². The van der Waals surface area contributed by atoms with Crippen molar-refractivity contribution in [2.24, 2.45) is 18.9 Å². The van der Waals surface area contributed by atoms with E-state index >= 15 is 0 Å². The lowest BCUT2D eigenvalue weighted by Crippen LogP contribution is -2.35. The lowest BCUT2D eigenvalue weighted by molar-refractivity contribution is 0.0533. The lowest BCUT2D eigenvalue weighted by Gasteiger charge is -2.22. The minimum Gasteiger partial charge on any atom is -0.378 e. The van der Waals surface area contributed by atoms with Crippen LogP contribution in [0.25, 0.3) is 0 Å². The first kappa shape index (κ1) is 14.1. The molecule has 1 fully saturated rings. The van der Waals surface area contributed by atoms with Gasteiger partial charge >= 0.3 is 0 Å². The molecule has 2 atom stereocenters. The first-order valence-corrected chi connectivity index (χ1v) is 6.89. The van der Waals surface area contributed by atoms with Crippen molar-refractivity contribution in [3.8, 4) is 0 Å². The number of hydrogen-bond acceptors (Lipinski definition) is 3. The predicted molar refractivity (Wildman–Crippen MR) is 73.0 cm³/mol. The Bertz CT molecular complexity index is 454. The van der Waals surface area contributed by atoms with E-state index in [9.17, 15) is 4.79 Å². The van der Waals surface area contributed by atoms with Crippen molar-refractivity contribution in [2.75, 3.05) is 13.2 Å². The Hall–Kier alpha value is -1.36. The van der Waals surface area contributed by atoms with Gasteiger partial charge in [-0.3, -0.25) is 9.48 Å². The SMILES string of the molecule is Cc1c(C(=O)NC[C@H]2CCO[C@@H]2C(C)C)cnn1C. The molecular formula is C14H23N3O2. The van der Waals surface area contributed by atoms with Gasteiger partial charge in [0.25, 0.3) is 5.91 Å². The van der Waals surface area contributed by atoms with Crippen LogP contribution in [0.1, 0.15) is 36.3 Å². The molecule has 106 valence electrons. The third-order valence-corrected chi connectivity index (χ3v) is 3.93. The molecule has 0 aliphatic carbocycles. The average Bonchev–Trinajstić information content (AvgIpc) is 2.95. The van der Waals surface area contributed by atoms with E-state index in [4.69, 9.17) is 4.74 Å². The Morgan fingerprint density at radius 2 is 2.37 bits per heavy atom. The summed E-state index contributed by atoms with van der Waals surface area (Å²) in [5, 5.41) is 7.10. The van der Waals surface area contributed by atoms with Crippen molar-refractivity contribution < 1.29 is 9.53 Å². The molecule has 0 unspecified atom stereocenters. The third kappa shape index (κ3) is 2.97. The molecule has 0 bridgehead atoms. The zero-order valence-corrected chi connectivity index (χ0v) is 12.1. The van der Waals surface area contributed by atoms with Crippen molar-refractivity contribution in [1.29, 1.82) is 0 Å². The van der Waals surface area contributed by atoms with Crippen LogP contribution in [0.3, 0.4) is 0 Å². The Balaban J connectivity index is 1.92. The number of carbonyl (C=O) groups excluding carboxylic acids is 1. The van der Waals surface area contributed by atoms with Crippen LogP contribution in [0.4, 0.5) is 0 Å². The lowest BCUT2D eigenvalue weighted by atomic mass is 9.93. The zero-order chi connectivity index (χ0) is 14.0. The summed E-state index contributed by atoms with van der Waals surface area (Å²) in [5.41, 5.74) is 1.54. The fraction of sp³-hybridized carbons (Fsp3) is 0.714. The predicted octanol–water partition coefficient (Wildman–Crippen LogP) is 1.52. The van der Waals surface area contributed by atoms with Crippen molar-refractivity contribution in [3.05, 3.63) is 17.5 Å². The molecule has 19 heavy (non-hydrogen) atoms. The standard InChI is InChI=1S/C14H23N3O2/c1-9(2)13-11(5-6-19-13)7-15-14(18)12-8-16-17(4)10(12)3/h8-9,11,13H,5-7H2,1-4H3,(H,15,18)/t11-,13-/m1/s1. The summed E-state index contributed by atoms with van der Waals surface area (Å²) in [6, 6.07) is 0. The van der Waals surface area contributed by atoms with Crippen molar-refractivity contribution in [2.45, 2.75) is 33.3 Å². The first-order chi connectivity index (χ1) is 9.00. The minimum atomic E-state index is -0.0417. The molecule has 5 nitrogen and oxygen atoms in total. The number of rotatable bonds is 4. The second-order valence-corrected chi connectivity index (χ2v) is 5.61. The highest BCUT2D eigenvalue weighted by Crippen LogP contribution is 2.26. The maximum Gasteiger partial charge on any atom is 0.254 e. The van der Waals surface area contributed by atoms with Gasteiger partial charge < -0.3 is 10.1 Å². The van der Waals surface area contributed by atoms with Crippen LogP contribution in [0.2, 0.25) is 0 Å². The molecule has 1 aliphatic rings. The molecule has 0 radical (unpaired) electrons. The van der Waals surface area contributed by atoms with Crippen molar-refractivity contribution >= 4 is 5.91 Å². The zero-order valence-electron chi connectivity index (χ0n) is 12.1. The van der Waals surface area contributed by atoms with Crippen molar-refractivity contribution in [1.82, 2.24) is 15.1 Å². The molecule has 1 aliphatic heterocycles. The highest BCUT2D eigenvalue weighted by Gasteiger charge is 2.30. The number of aromatic nitrogens is 2. The molecule has 1 N–H and O–H groups in total. The van der Waals surface area contributed by atoms with E-state index in [0.717, 1.165) is 18.7 Å². The van der Waals surface area contributed by atoms with Gasteiger partial charge in [0, 0.05) is 31.8 Å². The second-order valence-electron chi connectivity index (χ2n) is 5.61. The van der Waals surface area contributed by atoms with Gasteiger partial charge in [-0.1, -0.05) is 13.8 Å². The van der Waals surface area contributed by atoms with Gasteiger partial charge in [0.2, 0.25) is 0 Å². The number of amides is 1. The van der Waals surface area contributed by atoms with Gasteiger partial charge in [0.1, 0.15) is 0 Å². The highest BCUT2D eigenvalue weighted by molar-refractivity contribution is 5.95. The average molecular weight is 265 g/mol. The number of nitrogens with one attached hydrogen (secondary N) is 1. The molecule has 5 heteroatoms. The molecule has 2 heterocycles. The summed E-state index contributed by atoms with van der Waals surface area (Å²) in [5.74, 6) is 0.866. The Morgan fingerprint density at radius 1 is 1.63 bits per heavy atom. The van der Waals surface area contributed by atoms with E-state index in [0.29, 0.717) is 23.9 Å². The normalized spacial score (nSPS) is 23.0. The van der Waals surface area contributed by atoms with E-state index in [1.165, 1.54) is 0 Å². The van der Waals surface area contributed by atoms with E-state index < -0.39 is 0 Å². The maximum atomic E-state index is 12.1. The Labute approximate surface area is 114 Å². The van der Waals surface area contributed by atoms with Crippen LogP contribution < -0.4 is 5.32 Å². The topological polar surface area (TPSA) is 56.1 Å². The van der Waals surface area contributed by atoms with Crippen LogP contribution >= 0.6 is 0 Å². The fourth-order valence-corrected chi connectivity index (χ4v) is 2.65. The summed E-state index contributed by atoms with van der Waals surface area (Å²) in [7, 11) is 1.84. The van der Waals surface area contributed by atoms with Crippen LogP contribution in [0.5, 0.6) is 0 Å². The van der Waals surface area contributed by atoms with Gasteiger partial charge in [-0.2, -0.15) is 5.10 Å². The van der Waals surface area contributed by atoms with Crippen LogP contribution in [0, 0.1) is 18.8 Å². The summed E-state index contributed by atoms with van der Waals surface area (Å²) in [6.07, 6.45) is 2.90. The van der Waals surface area contributed by atoms with Gasteiger partial charge in [-0.05, 0) is 19.3 Å². The molecule has 1 aromatic heterocycles. The Kier molecular flexibility index (Phi) is 4.24. The Morgan fingerprint density at radius 3 is 2.95 bits per heavy atom. The third-order valence-electron chi connectivity index (χ3n) is 3.93. The van der Waals surface area contributed by atoms with Gasteiger partial charge in [-0.15, -0.1) is 0 Å². The van der Waals surface area contributed by atoms with Crippen molar-refractivity contribution in [3.63, 3.8) is 0 Å². The molecule has 0 aromatic carbocycles. The van der Waals surface area contributed by atoms with Crippen LogP contribution in [-0.4, -0.2) is 34.9 Å². The largest absolute Gasteiger partial charge is 0.378 e. The first-order valence-electron chi connectivity index (χ1n) is 6.89. The molecule has 0 saturated carbocycles. The molecule has 1 saturated heterocycles. The molecule has 1 aromatic rings. The quantitative estimate of drug-likeness (QED) is 0.898. The summed E-state index contributed by atoms with van der Waals surface area (Å²) in [4.78, 5) is 12.1. The summed E-state index contributed by atoms with van der Waals surface area (Å²) in [6.45, 7) is 7.70.